The number of likely N-dealkylation sites (tertiary alicyclic amines) is 1. The van der Waals surface area contributed by atoms with Gasteiger partial charge in [0.05, 0.1) is 0 Å². The normalized spacial score (nSPS) is 17.2. The van der Waals surface area contributed by atoms with Crippen LogP contribution in [0.3, 0.4) is 0 Å². The SMILES string of the molecule is CC(=O)N1CC(CNCCCO)C1. The smallest absolute Gasteiger partial charge is 0.219 e. The van der Waals surface area contributed by atoms with Crippen molar-refractivity contribution in [1.82, 2.24) is 10.2 Å². The van der Waals surface area contributed by atoms with Gasteiger partial charge in [-0.3, -0.25) is 4.79 Å². The number of amides is 1. The molecule has 0 aliphatic carbocycles. The maximum absolute atomic E-state index is 10.8. The third-order valence-corrected chi connectivity index (χ3v) is 2.35. The van der Waals surface area contributed by atoms with Crippen molar-refractivity contribution in [2.45, 2.75) is 13.3 Å². The average molecular weight is 186 g/mol. The summed E-state index contributed by atoms with van der Waals surface area (Å²) in [6.45, 7) is 5.46. The second-order valence-electron chi connectivity index (χ2n) is 3.57. The predicted octanol–water partition coefficient (Wildman–Crippen LogP) is -0.563. The second-order valence-corrected chi connectivity index (χ2v) is 3.57. The fourth-order valence-electron chi connectivity index (χ4n) is 1.47. The number of nitrogens with zero attached hydrogens (tertiary/aromatic N) is 1. The Bertz CT molecular complexity index is 167. The lowest BCUT2D eigenvalue weighted by Crippen LogP contribution is -2.52. The fourth-order valence-corrected chi connectivity index (χ4v) is 1.47. The van der Waals surface area contributed by atoms with Crippen molar-refractivity contribution in [3.05, 3.63) is 0 Å². The lowest BCUT2D eigenvalue weighted by Gasteiger charge is -2.38. The van der Waals surface area contributed by atoms with Gasteiger partial charge in [0.1, 0.15) is 0 Å². The topological polar surface area (TPSA) is 52.6 Å². The van der Waals surface area contributed by atoms with Gasteiger partial charge in [-0.05, 0) is 13.0 Å². The molecule has 2 N–H and O–H groups in total. The van der Waals surface area contributed by atoms with Crippen LogP contribution in [0.25, 0.3) is 0 Å². The molecule has 1 heterocycles. The van der Waals surface area contributed by atoms with Crippen molar-refractivity contribution in [3.63, 3.8) is 0 Å². The van der Waals surface area contributed by atoms with Crippen LogP contribution in [0.15, 0.2) is 0 Å². The zero-order chi connectivity index (χ0) is 9.68. The number of nitrogens with one attached hydrogen (secondary N) is 1. The largest absolute Gasteiger partial charge is 0.396 e. The van der Waals surface area contributed by atoms with Crippen molar-refractivity contribution >= 4 is 5.91 Å². The zero-order valence-corrected chi connectivity index (χ0v) is 8.12. The van der Waals surface area contributed by atoms with E-state index in [1.54, 1.807) is 6.92 Å². The number of hydrogen-bond acceptors (Lipinski definition) is 3. The molecular formula is C9H18N2O2. The van der Waals surface area contributed by atoms with Gasteiger partial charge in [-0.25, -0.2) is 0 Å². The molecule has 0 aromatic rings. The van der Waals surface area contributed by atoms with Crippen molar-refractivity contribution < 1.29 is 9.90 Å². The van der Waals surface area contributed by atoms with E-state index < -0.39 is 0 Å². The van der Waals surface area contributed by atoms with Gasteiger partial charge in [-0.2, -0.15) is 0 Å². The maximum Gasteiger partial charge on any atom is 0.219 e. The van der Waals surface area contributed by atoms with Crippen LogP contribution in [0.5, 0.6) is 0 Å². The van der Waals surface area contributed by atoms with Crippen molar-refractivity contribution in [2.75, 3.05) is 32.8 Å². The molecule has 0 bridgehead atoms. The Morgan fingerprint density at radius 1 is 1.62 bits per heavy atom. The highest BCUT2D eigenvalue weighted by Gasteiger charge is 2.27. The van der Waals surface area contributed by atoms with Crippen LogP contribution in [0, 0.1) is 5.92 Å². The van der Waals surface area contributed by atoms with Crippen LogP contribution in [-0.4, -0.2) is 48.7 Å². The van der Waals surface area contributed by atoms with E-state index in [2.05, 4.69) is 5.32 Å². The molecule has 4 nitrogen and oxygen atoms in total. The Kier molecular flexibility index (Phi) is 4.18. The Morgan fingerprint density at radius 3 is 2.85 bits per heavy atom. The van der Waals surface area contributed by atoms with Gasteiger partial charge in [0.15, 0.2) is 0 Å². The Labute approximate surface area is 78.9 Å². The minimum absolute atomic E-state index is 0.173. The summed E-state index contributed by atoms with van der Waals surface area (Å²) in [5.41, 5.74) is 0. The van der Waals surface area contributed by atoms with Crippen LogP contribution in [0.4, 0.5) is 0 Å². The van der Waals surface area contributed by atoms with E-state index in [-0.39, 0.29) is 12.5 Å². The third kappa shape index (κ3) is 3.32. The van der Waals surface area contributed by atoms with Gasteiger partial charge in [0.25, 0.3) is 0 Å². The van der Waals surface area contributed by atoms with Crippen molar-refractivity contribution in [3.8, 4) is 0 Å². The first-order chi connectivity index (χ1) is 6.24. The summed E-state index contributed by atoms with van der Waals surface area (Å²) in [4.78, 5) is 12.7. The molecule has 4 heteroatoms. The summed E-state index contributed by atoms with van der Waals surface area (Å²) < 4.78 is 0. The molecule has 76 valence electrons. The average Bonchev–Trinajstić information content (AvgIpc) is 2.00. The van der Waals surface area contributed by atoms with Crippen molar-refractivity contribution in [2.24, 2.45) is 5.92 Å². The van der Waals surface area contributed by atoms with E-state index in [0.717, 1.165) is 32.6 Å². The number of aliphatic hydroxyl groups excluding tert-OH is 1. The highest BCUT2D eigenvalue weighted by Crippen LogP contribution is 2.13. The van der Waals surface area contributed by atoms with Crippen LogP contribution < -0.4 is 5.32 Å². The molecule has 0 unspecified atom stereocenters. The lowest BCUT2D eigenvalue weighted by molar-refractivity contribution is -0.134. The zero-order valence-electron chi connectivity index (χ0n) is 8.12. The molecule has 0 atom stereocenters. The van der Waals surface area contributed by atoms with E-state index in [9.17, 15) is 4.79 Å². The van der Waals surface area contributed by atoms with Gasteiger partial charge in [-0.15, -0.1) is 0 Å². The molecule has 0 saturated carbocycles. The molecule has 1 aliphatic rings. The van der Waals surface area contributed by atoms with Crippen LogP contribution in [0.2, 0.25) is 0 Å². The highest BCUT2D eigenvalue weighted by atomic mass is 16.3. The minimum Gasteiger partial charge on any atom is -0.396 e. The molecule has 1 fully saturated rings. The molecule has 0 aromatic carbocycles. The van der Waals surface area contributed by atoms with E-state index in [4.69, 9.17) is 5.11 Å². The fraction of sp³-hybridized carbons (Fsp3) is 0.889. The highest BCUT2D eigenvalue weighted by molar-refractivity contribution is 5.74. The van der Waals surface area contributed by atoms with Gasteiger partial charge in [-0.1, -0.05) is 0 Å². The summed E-state index contributed by atoms with van der Waals surface area (Å²) in [6, 6.07) is 0. The molecule has 0 radical (unpaired) electrons. The molecular weight excluding hydrogens is 168 g/mol. The van der Waals surface area contributed by atoms with Gasteiger partial charge >= 0.3 is 0 Å². The summed E-state index contributed by atoms with van der Waals surface area (Å²) in [5, 5.41) is 11.8. The monoisotopic (exact) mass is 186 g/mol. The first-order valence-electron chi connectivity index (χ1n) is 4.81. The Balaban J connectivity index is 1.93. The summed E-state index contributed by atoms with van der Waals surface area (Å²) in [6.07, 6.45) is 0.809. The first kappa shape index (κ1) is 10.5. The lowest BCUT2D eigenvalue weighted by atomic mass is 10.0. The predicted molar refractivity (Wildman–Crippen MR) is 50.3 cm³/mol. The molecule has 13 heavy (non-hydrogen) atoms. The van der Waals surface area contributed by atoms with E-state index in [1.807, 2.05) is 4.90 Å². The van der Waals surface area contributed by atoms with Gasteiger partial charge in [0.2, 0.25) is 5.91 Å². The quantitative estimate of drug-likeness (QED) is 0.566. The minimum atomic E-state index is 0.173. The van der Waals surface area contributed by atoms with E-state index in [1.165, 1.54) is 0 Å². The van der Waals surface area contributed by atoms with E-state index >= 15 is 0 Å². The number of carbonyl (C=O) groups excluding carboxylic acids is 1. The maximum atomic E-state index is 10.8. The molecule has 1 rings (SSSR count). The number of hydrogen-bond donors (Lipinski definition) is 2. The molecule has 1 saturated heterocycles. The molecule has 0 aromatic heterocycles. The van der Waals surface area contributed by atoms with Crippen molar-refractivity contribution in [1.29, 1.82) is 0 Å². The molecule has 1 aliphatic heterocycles. The summed E-state index contributed by atoms with van der Waals surface area (Å²) in [7, 11) is 0. The van der Waals surface area contributed by atoms with E-state index in [0.29, 0.717) is 5.92 Å². The molecule has 0 spiro atoms. The first-order valence-corrected chi connectivity index (χ1v) is 4.81. The Hall–Kier alpha value is -0.610. The summed E-state index contributed by atoms with van der Waals surface area (Å²) in [5.74, 6) is 0.786. The van der Waals surface area contributed by atoms with Gasteiger partial charge < -0.3 is 15.3 Å². The van der Waals surface area contributed by atoms with Crippen LogP contribution in [0.1, 0.15) is 13.3 Å². The van der Waals surface area contributed by atoms with Crippen LogP contribution in [-0.2, 0) is 4.79 Å². The number of carbonyl (C=O) groups is 1. The number of rotatable bonds is 5. The standard InChI is InChI=1S/C9H18N2O2/c1-8(13)11-6-9(7-11)5-10-3-2-4-12/h9-10,12H,2-7H2,1H3. The number of aliphatic hydroxyl groups is 1. The van der Waals surface area contributed by atoms with Crippen LogP contribution >= 0.6 is 0 Å². The van der Waals surface area contributed by atoms with Gasteiger partial charge in [0, 0.05) is 39.1 Å². The molecule has 1 amide bonds. The second kappa shape index (κ2) is 5.19. The summed E-state index contributed by atoms with van der Waals surface area (Å²) >= 11 is 0. The Morgan fingerprint density at radius 2 is 2.31 bits per heavy atom. The third-order valence-electron chi connectivity index (χ3n) is 2.35.